The smallest absolute Gasteiger partial charge is 0.317 e. The van der Waals surface area contributed by atoms with Gasteiger partial charge in [0.15, 0.2) is 0 Å². The maximum Gasteiger partial charge on any atom is 0.317 e. The molecule has 1 aromatic carbocycles. The van der Waals surface area contributed by atoms with Crippen molar-refractivity contribution in [2.24, 2.45) is 0 Å². The first-order valence-corrected chi connectivity index (χ1v) is 6.12. The summed E-state index contributed by atoms with van der Waals surface area (Å²) in [6.07, 6.45) is 2.09. The van der Waals surface area contributed by atoms with E-state index in [0.29, 0.717) is 23.2 Å². The number of hydrogen-bond acceptors (Lipinski definition) is 3. The highest BCUT2D eigenvalue weighted by Crippen LogP contribution is 2.29. The van der Waals surface area contributed by atoms with E-state index in [1.807, 2.05) is 11.0 Å². The first-order chi connectivity index (χ1) is 8.60. The summed E-state index contributed by atoms with van der Waals surface area (Å²) in [6, 6.07) is 7.48. The van der Waals surface area contributed by atoms with Crippen LogP contribution in [0.1, 0.15) is 24.0 Å². The summed E-state index contributed by atoms with van der Waals surface area (Å²) >= 11 is 6.09. The summed E-state index contributed by atoms with van der Waals surface area (Å²) in [4.78, 5) is 12.7. The third kappa shape index (κ3) is 3.22. The lowest BCUT2D eigenvalue weighted by Gasteiger charge is -2.20. The van der Waals surface area contributed by atoms with Gasteiger partial charge in [-0.1, -0.05) is 17.7 Å². The van der Waals surface area contributed by atoms with Crippen LogP contribution in [-0.2, 0) is 11.3 Å². The van der Waals surface area contributed by atoms with Gasteiger partial charge in [0.05, 0.1) is 18.2 Å². The van der Waals surface area contributed by atoms with Crippen molar-refractivity contribution in [1.82, 2.24) is 4.90 Å². The highest BCUT2D eigenvalue weighted by Gasteiger charge is 2.30. The molecule has 0 unspecified atom stereocenters. The maximum atomic E-state index is 10.8. The molecule has 18 heavy (non-hydrogen) atoms. The van der Waals surface area contributed by atoms with E-state index < -0.39 is 5.97 Å². The van der Waals surface area contributed by atoms with E-state index in [4.69, 9.17) is 22.0 Å². The van der Waals surface area contributed by atoms with E-state index in [0.717, 1.165) is 18.4 Å². The highest BCUT2D eigenvalue weighted by molar-refractivity contribution is 6.31. The summed E-state index contributed by atoms with van der Waals surface area (Å²) in [6.45, 7) is 0.544. The molecule has 94 valence electrons. The average molecular weight is 265 g/mol. The largest absolute Gasteiger partial charge is 0.480 e. The van der Waals surface area contributed by atoms with Crippen LogP contribution in [0.3, 0.4) is 0 Å². The Labute approximate surface area is 110 Å². The van der Waals surface area contributed by atoms with E-state index in [2.05, 4.69) is 0 Å². The Balaban J connectivity index is 2.11. The molecule has 0 bridgehead atoms. The number of carbonyl (C=O) groups is 1. The summed E-state index contributed by atoms with van der Waals surface area (Å²) in [5, 5.41) is 18.1. The second-order valence-electron chi connectivity index (χ2n) is 4.45. The zero-order valence-electron chi connectivity index (χ0n) is 9.77. The fourth-order valence-electron chi connectivity index (χ4n) is 1.89. The normalized spacial score (nSPS) is 14.5. The third-order valence-electron chi connectivity index (χ3n) is 2.96. The number of benzene rings is 1. The number of nitrogens with zero attached hydrogens (tertiary/aromatic N) is 2. The van der Waals surface area contributed by atoms with Gasteiger partial charge in [-0.2, -0.15) is 5.26 Å². The molecular weight excluding hydrogens is 252 g/mol. The van der Waals surface area contributed by atoms with Crippen molar-refractivity contribution in [3.05, 3.63) is 34.3 Å². The molecule has 0 heterocycles. The highest BCUT2D eigenvalue weighted by atomic mass is 35.5. The third-order valence-corrected chi connectivity index (χ3v) is 3.31. The quantitative estimate of drug-likeness (QED) is 0.886. The standard InChI is InChI=1S/C13H13ClN2O2/c14-12-5-9(6-15)1-2-10(12)7-16(8-13(17)18)11-3-4-11/h1-2,5,11H,3-4,7-8H2,(H,17,18). The van der Waals surface area contributed by atoms with Gasteiger partial charge in [-0.05, 0) is 30.5 Å². The molecule has 0 aliphatic heterocycles. The Hall–Kier alpha value is -1.57. The SMILES string of the molecule is N#Cc1ccc(CN(CC(=O)O)C2CC2)c(Cl)c1. The molecule has 0 radical (unpaired) electrons. The summed E-state index contributed by atoms with van der Waals surface area (Å²) < 4.78 is 0. The Morgan fingerprint density at radius 1 is 1.56 bits per heavy atom. The monoisotopic (exact) mass is 264 g/mol. The zero-order chi connectivity index (χ0) is 13.1. The minimum atomic E-state index is -0.827. The van der Waals surface area contributed by atoms with Gasteiger partial charge in [-0.25, -0.2) is 0 Å². The molecule has 1 aliphatic rings. The summed E-state index contributed by atoms with van der Waals surface area (Å²) in [5.74, 6) is -0.827. The lowest BCUT2D eigenvalue weighted by molar-refractivity contribution is -0.138. The van der Waals surface area contributed by atoms with Gasteiger partial charge in [0, 0.05) is 17.6 Å². The lowest BCUT2D eigenvalue weighted by Crippen LogP contribution is -2.31. The summed E-state index contributed by atoms with van der Waals surface area (Å²) in [7, 11) is 0. The first-order valence-electron chi connectivity index (χ1n) is 5.74. The van der Waals surface area contributed by atoms with Gasteiger partial charge < -0.3 is 5.11 Å². The average Bonchev–Trinajstić information content (AvgIpc) is 3.14. The van der Waals surface area contributed by atoms with Crippen LogP contribution in [0.25, 0.3) is 0 Å². The molecule has 1 saturated carbocycles. The number of halogens is 1. The molecule has 1 aromatic rings. The fourth-order valence-corrected chi connectivity index (χ4v) is 2.13. The van der Waals surface area contributed by atoms with Gasteiger partial charge >= 0.3 is 5.97 Å². The number of hydrogen-bond donors (Lipinski definition) is 1. The van der Waals surface area contributed by atoms with Crippen molar-refractivity contribution in [1.29, 1.82) is 5.26 Å². The van der Waals surface area contributed by atoms with Crippen molar-refractivity contribution >= 4 is 17.6 Å². The zero-order valence-corrected chi connectivity index (χ0v) is 10.5. The van der Waals surface area contributed by atoms with Crippen LogP contribution in [0.4, 0.5) is 0 Å². The number of carboxylic acids is 1. The Morgan fingerprint density at radius 3 is 2.78 bits per heavy atom. The topological polar surface area (TPSA) is 64.3 Å². The van der Waals surface area contributed by atoms with Crippen LogP contribution in [0.5, 0.6) is 0 Å². The number of aliphatic carboxylic acids is 1. The molecule has 0 aromatic heterocycles. The summed E-state index contributed by atoms with van der Waals surface area (Å²) in [5.41, 5.74) is 1.38. The van der Waals surface area contributed by atoms with Crippen LogP contribution in [-0.4, -0.2) is 28.6 Å². The maximum absolute atomic E-state index is 10.8. The molecule has 1 aliphatic carbocycles. The molecule has 0 saturated heterocycles. The lowest BCUT2D eigenvalue weighted by atomic mass is 10.1. The van der Waals surface area contributed by atoms with E-state index in [1.54, 1.807) is 18.2 Å². The van der Waals surface area contributed by atoms with Crippen molar-refractivity contribution in [2.75, 3.05) is 6.54 Å². The predicted octanol–water partition coefficient (Wildman–Crippen LogP) is 2.26. The Kier molecular flexibility index (Phi) is 3.85. The molecule has 0 spiro atoms. The van der Waals surface area contributed by atoms with Crippen LogP contribution in [0.2, 0.25) is 5.02 Å². The number of carboxylic acid groups (broad SMARTS) is 1. The van der Waals surface area contributed by atoms with Gasteiger partial charge in [-0.3, -0.25) is 9.69 Å². The molecule has 4 nitrogen and oxygen atoms in total. The van der Waals surface area contributed by atoms with Gasteiger partial charge in [-0.15, -0.1) is 0 Å². The predicted molar refractivity (Wildman–Crippen MR) is 67.2 cm³/mol. The van der Waals surface area contributed by atoms with E-state index in [9.17, 15) is 4.79 Å². The van der Waals surface area contributed by atoms with Crippen LogP contribution >= 0.6 is 11.6 Å². The number of nitriles is 1. The second-order valence-corrected chi connectivity index (χ2v) is 4.86. The van der Waals surface area contributed by atoms with Gasteiger partial charge in [0.2, 0.25) is 0 Å². The van der Waals surface area contributed by atoms with E-state index in [-0.39, 0.29) is 6.54 Å². The van der Waals surface area contributed by atoms with Gasteiger partial charge in [0.25, 0.3) is 0 Å². The van der Waals surface area contributed by atoms with Crippen LogP contribution < -0.4 is 0 Å². The molecule has 0 atom stereocenters. The molecule has 1 fully saturated rings. The van der Waals surface area contributed by atoms with Crippen LogP contribution in [0.15, 0.2) is 18.2 Å². The van der Waals surface area contributed by atoms with Crippen molar-refractivity contribution in [3.8, 4) is 6.07 Å². The van der Waals surface area contributed by atoms with Crippen molar-refractivity contribution < 1.29 is 9.90 Å². The fraction of sp³-hybridized carbons (Fsp3) is 0.385. The van der Waals surface area contributed by atoms with Crippen molar-refractivity contribution in [3.63, 3.8) is 0 Å². The Bertz CT molecular complexity index is 506. The van der Waals surface area contributed by atoms with E-state index in [1.165, 1.54) is 0 Å². The van der Waals surface area contributed by atoms with Crippen molar-refractivity contribution in [2.45, 2.75) is 25.4 Å². The number of rotatable bonds is 5. The molecule has 2 rings (SSSR count). The minimum absolute atomic E-state index is 0.0288. The second kappa shape index (κ2) is 5.38. The minimum Gasteiger partial charge on any atom is -0.480 e. The molecule has 1 N–H and O–H groups in total. The van der Waals surface area contributed by atoms with Crippen LogP contribution in [0, 0.1) is 11.3 Å². The molecule has 0 amide bonds. The first kappa shape index (κ1) is 12.9. The molecule has 5 heteroatoms. The van der Waals surface area contributed by atoms with E-state index >= 15 is 0 Å². The Morgan fingerprint density at radius 2 is 2.28 bits per heavy atom. The van der Waals surface area contributed by atoms with Gasteiger partial charge in [0.1, 0.15) is 0 Å². The molecular formula is C13H13ClN2O2.